The zero-order valence-electron chi connectivity index (χ0n) is 17.7. The summed E-state index contributed by atoms with van der Waals surface area (Å²) in [4.78, 5) is 4.47. The molecule has 5 rings (SSSR count). The van der Waals surface area contributed by atoms with Crippen LogP contribution in [0.1, 0.15) is 29.9 Å². The predicted octanol–water partition coefficient (Wildman–Crippen LogP) is 6.52. The first kappa shape index (κ1) is 20.8. The molecule has 2 unspecified atom stereocenters. The molecule has 164 valence electrons. The van der Waals surface area contributed by atoms with Crippen LogP contribution in [0.25, 0.3) is 6.08 Å². The summed E-state index contributed by atoms with van der Waals surface area (Å²) >= 11 is 0. The van der Waals surface area contributed by atoms with Gasteiger partial charge < -0.3 is 9.80 Å². The summed E-state index contributed by atoms with van der Waals surface area (Å²) in [5.41, 5.74) is 3.41. The molecule has 3 aromatic rings. The van der Waals surface area contributed by atoms with Crippen molar-refractivity contribution in [1.29, 1.82) is 0 Å². The highest BCUT2D eigenvalue weighted by Gasteiger charge is 2.43. The van der Waals surface area contributed by atoms with E-state index in [0.29, 0.717) is 5.69 Å². The summed E-state index contributed by atoms with van der Waals surface area (Å²) in [5, 5.41) is 0. The average Bonchev–Trinajstić information content (AvgIpc) is 3.11. The first-order chi connectivity index (χ1) is 15.6. The maximum absolute atomic E-state index is 14.7. The third kappa shape index (κ3) is 4.05. The fourth-order valence-corrected chi connectivity index (χ4v) is 5.05. The van der Waals surface area contributed by atoms with E-state index < -0.39 is 0 Å². The van der Waals surface area contributed by atoms with E-state index in [2.05, 4.69) is 15.9 Å². The second-order valence-electron chi connectivity index (χ2n) is 8.53. The molecule has 2 aliphatic rings. The normalized spacial score (nSPS) is 20.5. The topological polar surface area (TPSA) is 6.48 Å². The monoisotopic (exact) mass is 434 g/mol. The molecular formula is C27H25F3N2. The van der Waals surface area contributed by atoms with Gasteiger partial charge in [0.1, 0.15) is 17.5 Å². The highest BCUT2D eigenvalue weighted by atomic mass is 19.1. The molecular weight excluding hydrogens is 409 g/mol. The summed E-state index contributed by atoms with van der Waals surface area (Å²) < 4.78 is 41.8. The van der Waals surface area contributed by atoms with E-state index in [1.165, 1.54) is 24.3 Å². The molecule has 2 heterocycles. The Morgan fingerprint density at radius 1 is 0.875 bits per heavy atom. The van der Waals surface area contributed by atoms with Gasteiger partial charge in [0.05, 0.1) is 5.69 Å². The van der Waals surface area contributed by atoms with Gasteiger partial charge >= 0.3 is 0 Å². The van der Waals surface area contributed by atoms with Crippen molar-refractivity contribution in [3.05, 3.63) is 101 Å². The molecule has 0 bridgehead atoms. The molecule has 0 aromatic heterocycles. The number of piperidine rings is 1. The summed E-state index contributed by atoms with van der Waals surface area (Å²) in [5.74, 6) is -0.605. The molecule has 0 N–H and O–H groups in total. The standard InChI is InChI=1S/C27H25F3N2/c28-20-10-8-19(9-11-20)5-3-4-15-31-16-14-26-23(18-31)22-17-21(29)12-13-25(22)32(26)27-7-2-1-6-24(27)30/h1-3,5-13,17,23,26H,4,14-16,18H2. The number of hydrogen-bond donors (Lipinski definition) is 0. The Hall–Kier alpha value is -3.05. The lowest BCUT2D eigenvalue weighted by atomic mass is 9.89. The minimum Gasteiger partial charge on any atom is -0.335 e. The zero-order valence-corrected chi connectivity index (χ0v) is 17.7. The Bertz CT molecular complexity index is 1130. The Morgan fingerprint density at radius 2 is 1.66 bits per heavy atom. The lowest BCUT2D eigenvalue weighted by Gasteiger charge is -2.39. The van der Waals surface area contributed by atoms with Gasteiger partial charge in [0.25, 0.3) is 0 Å². The van der Waals surface area contributed by atoms with E-state index >= 15 is 0 Å². The molecule has 1 fully saturated rings. The van der Waals surface area contributed by atoms with Crippen LogP contribution in [0.4, 0.5) is 24.5 Å². The van der Waals surface area contributed by atoms with Crippen molar-refractivity contribution in [3.8, 4) is 0 Å². The fraction of sp³-hybridized carbons (Fsp3) is 0.259. The van der Waals surface area contributed by atoms with Crippen molar-refractivity contribution in [2.45, 2.75) is 24.8 Å². The van der Waals surface area contributed by atoms with E-state index in [1.807, 2.05) is 12.1 Å². The largest absolute Gasteiger partial charge is 0.335 e. The summed E-state index contributed by atoms with van der Waals surface area (Å²) in [6.45, 7) is 2.62. The number of hydrogen-bond acceptors (Lipinski definition) is 2. The first-order valence-corrected chi connectivity index (χ1v) is 11.1. The van der Waals surface area contributed by atoms with E-state index in [4.69, 9.17) is 0 Å². The molecule has 32 heavy (non-hydrogen) atoms. The Kier molecular flexibility index (Phi) is 5.75. The van der Waals surface area contributed by atoms with Crippen molar-refractivity contribution < 1.29 is 13.2 Å². The van der Waals surface area contributed by atoms with Crippen LogP contribution in [0.3, 0.4) is 0 Å². The van der Waals surface area contributed by atoms with E-state index in [0.717, 1.165) is 49.3 Å². The number of para-hydroxylation sites is 1. The SMILES string of the molecule is Fc1ccc(C=CCCN2CCC3C(C2)c2cc(F)ccc2N3c2ccccc2F)cc1. The van der Waals surface area contributed by atoms with Gasteiger partial charge in [-0.2, -0.15) is 0 Å². The van der Waals surface area contributed by atoms with Gasteiger partial charge in [-0.15, -0.1) is 0 Å². The zero-order chi connectivity index (χ0) is 22.1. The Labute approximate surface area is 186 Å². The van der Waals surface area contributed by atoms with Gasteiger partial charge in [0.2, 0.25) is 0 Å². The number of benzene rings is 3. The lowest BCUT2D eigenvalue weighted by molar-refractivity contribution is 0.199. The van der Waals surface area contributed by atoms with Crippen molar-refractivity contribution in [3.63, 3.8) is 0 Å². The van der Waals surface area contributed by atoms with Crippen LogP contribution in [0.15, 0.2) is 72.8 Å². The molecule has 2 aliphatic heterocycles. The predicted molar refractivity (Wildman–Crippen MR) is 123 cm³/mol. The van der Waals surface area contributed by atoms with Gasteiger partial charge in [0.15, 0.2) is 0 Å². The maximum Gasteiger partial charge on any atom is 0.146 e. The minimum atomic E-state index is -0.253. The molecule has 5 heteroatoms. The smallest absolute Gasteiger partial charge is 0.146 e. The second kappa shape index (κ2) is 8.83. The molecule has 0 radical (unpaired) electrons. The molecule has 0 spiro atoms. The number of halogens is 3. The van der Waals surface area contributed by atoms with Crippen molar-refractivity contribution in [1.82, 2.24) is 4.90 Å². The van der Waals surface area contributed by atoms with Gasteiger partial charge in [-0.1, -0.05) is 36.4 Å². The van der Waals surface area contributed by atoms with Crippen LogP contribution < -0.4 is 4.90 Å². The molecule has 2 nitrogen and oxygen atoms in total. The van der Waals surface area contributed by atoms with Gasteiger partial charge in [-0.25, -0.2) is 13.2 Å². The number of rotatable bonds is 5. The van der Waals surface area contributed by atoms with Gasteiger partial charge in [-0.05, 0) is 66.4 Å². The number of nitrogens with zero attached hydrogens (tertiary/aromatic N) is 2. The quantitative estimate of drug-likeness (QED) is 0.451. The molecule has 3 aromatic carbocycles. The number of fused-ring (bicyclic) bond motifs is 3. The van der Waals surface area contributed by atoms with Crippen LogP contribution in [0, 0.1) is 17.5 Å². The summed E-state index contributed by atoms with van der Waals surface area (Å²) in [6, 6.07) is 18.2. The number of likely N-dealkylation sites (tertiary alicyclic amines) is 1. The first-order valence-electron chi connectivity index (χ1n) is 11.1. The van der Waals surface area contributed by atoms with Gasteiger partial charge in [-0.3, -0.25) is 0 Å². The van der Waals surface area contributed by atoms with Gasteiger partial charge in [0, 0.05) is 37.3 Å². The van der Waals surface area contributed by atoms with E-state index in [9.17, 15) is 13.2 Å². The lowest BCUT2D eigenvalue weighted by Crippen LogP contribution is -2.45. The molecule has 0 aliphatic carbocycles. The molecule has 0 saturated carbocycles. The molecule has 1 saturated heterocycles. The number of anilines is 2. The third-order valence-electron chi connectivity index (χ3n) is 6.54. The summed E-state index contributed by atoms with van der Waals surface area (Å²) in [7, 11) is 0. The van der Waals surface area contributed by atoms with E-state index in [-0.39, 0.29) is 29.4 Å². The van der Waals surface area contributed by atoms with Crippen molar-refractivity contribution in [2.75, 3.05) is 24.5 Å². The second-order valence-corrected chi connectivity index (χ2v) is 8.53. The Balaban J connectivity index is 1.31. The summed E-state index contributed by atoms with van der Waals surface area (Å²) in [6.07, 6.45) is 5.87. The highest BCUT2D eigenvalue weighted by Crippen LogP contribution is 2.49. The van der Waals surface area contributed by atoms with Crippen molar-refractivity contribution >= 4 is 17.5 Å². The highest BCUT2D eigenvalue weighted by molar-refractivity contribution is 5.73. The average molecular weight is 435 g/mol. The van der Waals surface area contributed by atoms with Crippen LogP contribution in [0.5, 0.6) is 0 Å². The van der Waals surface area contributed by atoms with Crippen LogP contribution in [0.2, 0.25) is 0 Å². The third-order valence-corrected chi connectivity index (χ3v) is 6.54. The fourth-order valence-electron chi connectivity index (χ4n) is 5.05. The van der Waals surface area contributed by atoms with Crippen molar-refractivity contribution in [2.24, 2.45) is 0 Å². The Morgan fingerprint density at radius 3 is 2.47 bits per heavy atom. The van der Waals surface area contributed by atoms with Crippen LogP contribution in [-0.4, -0.2) is 30.6 Å². The van der Waals surface area contributed by atoms with E-state index in [1.54, 1.807) is 36.4 Å². The molecule has 0 amide bonds. The molecule has 2 atom stereocenters. The minimum absolute atomic E-state index is 0.120. The van der Waals surface area contributed by atoms with Crippen LogP contribution >= 0.6 is 0 Å². The van der Waals surface area contributed by atoms with Crippen LogP contribution in [-0.2, 0) is 0 Å². The maximum atomic E-state index is 14.7.